The molecular formula is C11H29N3OSSi. The highest BCUT2D eigenvalue weighted by Crippen LogP contribution is 2.37. The number of rotatable bonds is 5. The van der Waals surface area contributed by atoms with Crippen molar-refractivity contribution in [1.82, 2.24) is 5.32 Å². The van der Waals surface area contributed by atoms with Crippen molar-refractivity contribution in [2.24, 2.45) is 9.17 Å². The summed E-state index contributed by atoms with van der Waals surface area (Å²) in [5.74, 6) is 0. The average Bonchev–Trinajstić information content (AvgIpc) is 2.10. The van der Waals surface area contributed by atoms with Gasteiger partial charge in [-0.3, -0.25) is 4.03 Å². The lowest BCUT2D eigenvalue weighted by atomic mass is 10.2. The molecule has 104 valence electrons. The summed E-state index contributed by atoms with van der Waals surface area (Å²) in [5.41, 5.74) is 0. The Kier molecular flexibility index (Phi) is 5.85. The third-order valence-corrected chi connectivity index (χ3v) is 11.6. The Bertz CT molecular complexity index is 354. The van der Waals surface area contributed by atoms with Crippen LogP contribution in [0.25, 0.3) is 0 Å². The average molecular weight is 280 g/mol. The van der Waals surface area contributed by atoms with Crippen LogP contribution in [0.1, 0.15) is 34.1 Å². The number of nitrogens with zero attached hydrogens (tertiary/aromatic N) is 1. The van der Waals surface area contributed by atoms with Crippen LogP contribution in [0.5, 0.6) is 0 Å². The van der Waals surface area contributed by atoms with Crippen molar-refractivity contribution < 1.29 is 4.21 Å². The van der Waals surface area contributed by atoms with Gasteiger partial charge in [0.2, 0.25) is 0 Å². The van der Waals surface area contributed by atoms with Crippen molar-refractivity contribution in [3.63, 3.8) is 0 Å². The van der Waals surface area contributed by atoms with E-state index in [1.165, 1.54) is 0 Å². The third kappa shape index (κ3) is 5.07. The summed E-state index contributed by atoms with van der Waals surface area (Å²) in [4.78, 5) is 0. The standard InChI is InChI=1S/C11H29N3OSSi/c1-10(8-9-13-5)16(12,15)14-17(6,7)11(2,3)4/h10,13H,8-9H2,1-7H3,(H2,12,14,15). The van der Waals surface area contributed by atoms with Crippen LogP contribution in [0, 0.1) is 0 Å². The van der Waals surface area contributed by atoms with Crippen LogP contribution in [0.15, 0.2) is 4.03 Å². The SMILES string of the molecule is CNCCC(C)S(N)(=O)=N[Si](C)(C)C(C)(C)C. The fourth-order valence-corrected chi connectivity index (χ4v) is 6.22. The topological polar surface area (TPSA) is 67.5 Å². The van der Waals surface area contributed by atoms with E-state index in [-0.39, 0.29) is 10.3 Å². The molecule has 0 radical (unpaired) electrons. The molecule has 0 bridgehead atoms. The van der Waals surface area contributed by atoms with Crippen LogP contribution >= 0.6 is 0 Å². The lowest BCUT2D eigenvalue weighted by Gasteiger charge is -2.33. The summed E-state index contributed by atoms with van der Waals surface area (Å²) < 4.78 is 17.1. The first kappa shape index (κ1) is 17.1. The predicted octanol–water partition coefficient (Wildman–Crippen LogP) is 2.33. The van der Waals surface area contributed by atoms with Gasteiger partial charge in [0.1, 0.15) is 0 Å². The molecule has 0 spiro atoms. The van der Waals surface area contributed by atoms with Gasteiger partial charge in [0, 0.05) is 0 Å². The molecule has 0 fully saturated rings. The van der Waals surface area contributed by atoms with E-state index in [4.69, 9.17) is 5.14 Å². The van der Waals surface area contributed by atoms with E-state index in [1.54, 1.807) is 0 Å². The zero-order valence-corrected chi connectivity index (χ0v) is 14.1. The normalized spacial score (nSPS) is 18.6. The van der Waals surface area contributed by atoms with Crippen molar-refractivity contribution in [3.8, 4) is 0 Å². The summed E-state index contributed by atoms with van der Waals surface area (Å²) in [5, 5.41) is 9.02. The first-order chi connectivity index (χ1) is 7.44. The van der Waals surface area contributed by atoms with Gasteiger partial charge in [0.15, 0.2) is 8.24 Å². The highest BCUT2D eigenvalue weighted by molar-refractivity contribution is 7.92. The zero-order chi connectivity index (χ0) is 13.9. The second kappa shape index (κ2) is 5.82. The van der Waals surface area contributed by atoms with Crippen molar-refractivity contribution in [2.75, 3.05) is 13.6 Å². The lowest BCUT2D eigenvalue weighted by molar-refractivity contribution is 0.647. The van der Waals surface area contributed by atoms with Crippen LogP contribution in [0.4, 0.5) is 0 Å². The van der Waals surface area contributed by atoms with Crippen molar-refractivity contribution in [2.45, 2.75) is 57.5 Å². The summed E-state index contributed by atoms with van der Waals surface area (Å²) in [6.07, 6.45) is 0.796. The van der Waals surface area contributed by atoms with E-state index in [0.717, 1.165) is 13.0 Å². The van der Waals surface area contributed by atoms with Gasteiger partial charge in [0.25, 0.3) is 0 Å². The number of nitrogens with one attached hydrogen (secondary N) is 1. The van der Waals surface area contributed by atoms with E-state index in [9.17, 15) is 4.21 Å². The number of hydrogen-bond acceptors (Lipinski definition) is 3. The third-order valence-electron chi connectivity index (χ3n) is 3.58. The molecule has 0 rings (SSSR count). The maximum absolute atomic E-state index is 12.5. The fraction of sp³-hybridized carbons (Fsp3) is 1.00. The molecule has 0 saturated heterocycles. The summed E-state index contributed by atoms with van der Waals surface area (Å²) in [7, 11) is -2.63. The minimum Gasteiger partial charge on any atom is -0.320 e. The van der Waals surface area contributed by atoms with Crippen molar-refractivity contribution in [1.29, 1.82) is 0 Å². The van der Waals surface area contributed by atoms with Gasteiger partial charge in [0.05, 0.1) is 15.2 Å². The van der Waals surface area contributed by atoms with Gasteiger partial charge in [-0.2, -0.15) is 0 Å². The Balaban J connectivity index is 5.11. The van der Waals surface area contributed by atoms with Crippen LogP contribution in [-0.4, -0.2) is 31.3 Å². The molecule has 0 heterocycles. The molecule has 0 amide bonds. The minimum absolute atomic E-state index is 0.0657. The lowest BCUT2D eigenvalue weighted by Crippen LogP contribution is -2.40. The van der Waals surface area contributed by atoms with Crippen molar-refractivity contribution in [3.05, 3.63) is 0 Å². The van der Waals surface area contributed by atoms with Crippen LogP contribution in [0.2, 0.25) is 18.1 Å². The molecule has 0 aliphatic rings. The first-order valence-corrected chi connectivity index (χ1v) is 10.7. The molecule has 6 heteroatoms. The molecule has 0 aliphatic carbocycles. The Hall–Kier alpha value is 0.0869. The monoisotopic (exact) mass is 279 g/mol. The minimum atomic E-state index is -2.58. The Morgan fingerprint density at radius 2 is 1.88 bits per heavy atom. The molecule has 0 aromatic carbocycles. The highest BCUT2D eigenvalue weighted by atomic mass is 32.2. The van der Waals surface area contributed by atoms with E-state index in [2.05, 4.69) is 43.2 Å². The quantitative estimate of drug-likeness (QED) is 0.759. The molecule has 2 atom stereocenters. The molecule has 4 nitrogen and oxygen atoms in total. The molecule has 3 N–H and O–H groups in total. The second-order valence-electron chi connectivity index (χ2n) is 6.22. The van der Waals surface area contributed by atoms with Gasteiger partial charge in [-0.05, 0) is 45.1 Å². The van der Waals surface area contributed by atoms with Gasteiger partial charge in [-0.25, -0.2) is 9.35 Å². The Labute approximate surface area is 108 Å². The van der Waals surface area contributed by atoms with E-state index < -0.39 is 18.2 Å². The Morgan fingerprint density at radius 3 is 2.24 bits per heavy atom. The Morgan fingerprint density at radius 1 is 1.41 bits per heavy atom. The van der Waals surface area contributed by atoms with Gasteiger partial charge < -0.3 is 5.32 Å². The van der Waals surface area contributed by atoms with E-state index >= 15 is 0 Å². The summed E-state index contributed by atoms with van der Waals surface area (Å²) in [6, 6.07) is 0. The predicted molar refractivity (Wildman–Crippen MR) is 80.0 cm³/mol. The molecule has 2 unspecified atom stereocenters. The molecule has 0 aromatic heterocycles. The second-order valence-corrected chi connectivity index (χ2v) is 13.6. The zero-order valence-electron chi connectivity index (χ0n) is 12.3. The van der Waals surface area contributed by atoms with Crippen molar-refractivity contribution >= 4 is 18.2 Å². The number of hydrogen-bond donors (Lipinski definition) is 2. The molecule has 0 aliphatic heterocycles. The maximum Gasteiger partial charge on any atom is 0.194 e. The summed E-state index contributed by atoms with van der Waals surface area (Å²) in [6.45, 7) is 13.5. The smallest absolute Gasteiger partial charge is 0.194 e. The van der Waals surface area contributed by atoms with Gasteiger partial charge >= 0.3 is 0 Å². The molecule has 17 heavy (non-hydrogen) atoms. The van der Waals surface area contributed by atoms with Crippen LogP contribution in [-0.2, 0) is 9.92 Å². The van der Waals surface area contributed by atoms with E-state index in [1.807, 2.05) is 14.0 Å². The van der Waals surface area contributed by atoms with Gasteiger partial charge in [-0.1, -0.05) is 20.8 Å². The summed E-state index contributed by atoms with van der Waals surface area (Å²) >= 11 is 0. The highest BCUT2D eigenvalue weighted by Gasteiger charge is 2.37. The molecule has 0 saturated carbocycles. The van der Waals surface area contributed by atoms with Crippen LogP contribution < -0.4 is 10.5 Å². The molecule has 0 aromatic rings. The van der Waals surface area contributed by atoms with Gasteiger partial charge in [-0.15, -0.1) is 0 Å². The molecular weight excluding hydrogens is 250 g/mol. The largest absolute Gasteiger partial charge is 0.320 e. The maximum atomic E-state index is 12.5. The first-order valence-electron chi connectivity index (χ1n) is 6.13. The fourth-order valence-electron chi connectivity index (χ4n) is 1.10. The van der Waals surface area contributed by atoms with E-state index in [0.29, 0.717) is 0 Å². The van der Waals surface area contributed by atoms with Crippen LogP contribution in [0.3, 0.4) is 0 Å². The number of nitrogens with two attached hydrogens (primary N) is 1.